The van der Waals surface area contributed by atoms with Crippen LogP contribution in [0.2, 0.25) is 5.28 Å². The smallest absolute Gasteiger partial charge is 0.233 e. The molecular weight excluding hydrogens is 266 g/mol. The number of aliphatic hydroxyl groups is 1. The summed E-state index contributed by atoms with van der Waals surface area (Å²) in [6, 6.07) is 7.81. The van der Waals surface area contributed by atoms with E-state index in [1.807, 2.05) is 31.2 Å². The number of hydrogen-bond acceptors (Lipinski definition) is 6. The van der Waals surface area contributed by atoms with Crippen LogP contribution in [-0.2, 0) is 0 Å². The molecule has 0 saturated heterocycles. The maximum Gasteiger partial charge on any atom is 0.233 e. The van der Waals surface area contributed by atoms with Crippen molar-refractivity contribution in [1.82, 2.24) is 15.0 Å². The Labute approximate surface area is 115 Å². The number of nitrogens with zero attached hydrogens (tertiary/aromatic N) is 3. The van der Waals surface area contributed by atoms with Crippen LogP contribution in [-0.4, -0.2) is 33.2 Å². The first kappa shape index (κ1) is 13.5. The maximum atomic E-state index is 8.75. The van der Waals surface area contributed by atoms with Gasteiger partial charge in [-0.1, -0.05) is 17.7 Å². The third-order valence-corrected chi connectivity index (χ3v) is 2.48. The molecule has 1 heterocycles. The van der Waals surface area contributed by atoms with Crippen molar-refractivity contribution in [3.8, 4) is 0 Å². The first-order valence-corrected chi connectivity index (χ1v) is 6.15. The summed E-state index contributed by atoms with van der Waals surface area (Å²) < 4.78 is 0. The van der Waals surface area contributed by atoms with Crippen LogP contribution < -0.4 is 10.6 Å². The molecule has 0 fully saturated rings. The van der Waals surface area contributed by atoms with Crippen molar-refractivity contribution in [1.29, 1.82) is 0 Å². The zero-order valence-electron chi connectivity index (χ0n) is 10.4. The van der Waals surface area contributed by atoms with Gasteiger partial charge in [-0.2, -0.15) is 15.0 Å². The van der Waals surface area contributed by atoms with E-state index in [0.717, 1.165) is 5.69 Å². The van der Waals surface area contributed by atoms with Crippen molar-refractivity contribution < 1.29 is 5.11 Å². The van der Waals surface area contributed by atoms with Crippen LogP contribution in [0.1, 0.15) is 5.56 Å². The number of hydrogen-bond donors (Lipinski definition) is 3. The Morgan fingerprint density at radius 1 is 1.11 bits per heavy atom. The zero-order chi connectivity index (χ0) is 13.7. The number of anilines is 3. The molecule has 100 valence electrons. The van der Waals surface area contributed by atoms with Crippen molar-refractivity contribution in [2.75, 3.05) is 23.8 Å². The van der Waals surface area contributed by atoms with Gasteiger partial charge in [0.1, 0.15) is 0 Å². The van der Waals surface area contributed by atoms with E-state index in [1.165, 1.54) is 5.56 Å². The number of benzene rings is 1. The van der Waals surface area contributed by atoms with Crippen LogP contribution in [0.5, 0.6) is 0 Å². The quantitative estimate of drug-likeness (QED) is 0.776. The van der Waals surface area contributed by atoms with Gasteiger partial charge in [-0.3, -0.25) is 0 Å². The molecule has 3 N–H and O–H groups in total. The second kappa shape index (κ2) is 6.31. The normalized spacial score (nSPS) is 10.3. The fourth-order valence-electron chi connectivity index (χ4n) is 1.42. The Bertz CT molecular complexity index is 546. The van der Waals surface area contributed by atoms with E-state index in [2.05, 4.69) is 25.6 Å². The average Bonchev–Trinajstić information content (AvgIpc) is 2.38. The number of halogens is 1. The van der Waals surface area contributed by atoms with Gasteiger partial charge in [-0.05, 0) is 30.7 Å². The molecule has 0 aliphatic rings. The molecule has 6 nitrogen and oxygen atoms in total. The Morgan fingerprint density at radius 2 is 1.79 bits per heavy atom. The summed E-state index contributed by atoms with van der Waals surface area (Å²) >= 11 is 5.82. The van der Waals surface area contributed by atoms with Crippen molar-refractivity contribution >= 4 is 29.2 Å². The molecule has 0 amide bonds. The minimum Gasteiger partial charge on any atom is -0.395 e. The molecule has 7 heteroatoms. The molecule has 0 bridgehead atoms. The molecule has 1 aromatic heterocycles. The SMILES string of the molecule is Cc1ccc(Nc2nc(Cl)nc(NCCO)n2)cc1. The Morgan fingerprint density at radius 3 is 2.47 bits per heavy atom. The van der Waals surface area contributed by atoms with Crippen LogP contribution in [0.15, 0.2) is 24.3 Å². The molecule has 2 aromatic rings. The number of aryl methyl sites for hydroxylation is 1. The molecule has 0 aliphatic carbocycles. The summed E-state index contributed by atoms with van der Waals surface area (Å²) in [5.74, 6) is 0.674. The summed E-state index contributed by atoms with van der Waals surface area (Å²) in [4.78, 5) is 12.0. The molecule has 0 atom stereocenters. The average molecular weight is 280 g/mol. The lowest BCUT2D eigenvalue weighted by Gasteiger charge is -2.07. The molecule has 1 aromatic carbocycles. The van der Waals surface area contributed by atoms with Gasteiger partial charge in [0.2, 0.25) is 17.2 Å². The van der Waals surface area contributed by atoms with E-state index in [-0.39, 0.29) is 11.9 Å². The van der Waals surface area contributed by atoms with Crippen LogP contribution >= 0.6 is 11.6 Å². The van der Waals surface area contributed by atoms with Gasteiger partial charge in [0, 0.05) is 12.2 Å². The van der Waals surface area contributed by atoms with Crippen molar-refractivity contribution in [2.24, 2.45) is 0 Å². The third-order valence-electron chi connectivity index (χ3n) is 2.31. The number of aliphatic hydroxyl groups excluding tert-OH is 1. The van der Waals surface area contributed by atoms with Gasteiger partial charge in [0.15, 0.2) is 0 Å². The second-order valence-electron chi connectivity index (χ2n) is 3.89. The molecule has 0 aliphatic heterocycles. The highest BCUT2D eigenvalue weighted by molar-refractivity contribution is 6.28. The summed E-state index contributed by atoms with van der Waals surface area (Å²) in [5, 5.41) is 14.7. The van der Waals surface area contributed by atoms with Crippen LogP contribution in [0.3, 0.4) is 0 Å². The number of rotatable bonds is 5. The van der Waals surface area contributed by atoms with Gasteiger partial charge in [0.25, 0.3) is 0 Å². The van der Waals surface area contributed by atoms with Crippen molar-refractivity contribution in [3.05, 3.63) is 35.1 Å². The van der Waals surface area contributed by atoms with Gasteiger partial charge < -0.3 is 15.7 Å². The van der Waals surface area contributed by atoms with E-state index in [9.17, 15) is 0 Å². The van der Waals surface area contributed by atoms with Crippen LogP contribution in [0.25, 0.3) is 0 Å². The molecule has 0 spiro atoms. The number of nitrogens with one attached hydrogen (secondary N) is 2. The topological polar surface area (TPSA) is 83.0 Å². The predicted molar refractivity (Wildman–Crippen MR) is 74.9 cm³/mol. The molecule has 0 saturated carbocycles. The molecule has 0 unspecified atom stereocenters. The van der Waals surface area contributed by atoms with Crippen molar-refractivity contribution in [3.63, 3.8) is 0 Å². The summed E-state index contributed by atoms with van der Waals surface area (Å²) in [6.45, 7) is 2.36. The molecule has 19 heavy (non-hydrogen) atoms. The molecule has 2 rings (SSSR count). The van der Waals surface area contributed by atoms with E-state index in [1.54, 1.807) is 0 Å². The lowest BCUT2D eigenvalue weighted by Crippen LogP contribution is -2.10. The summed E-state index contributed by atoms with van der Waals surface area (Å²) in [5.41, 5.74) is 2.03. The Kier molecular flexibility index (Phi) is 4.48. The third kappa shape index (κ3) is 4.04. The Balaban J connectivity index is 2.15. The second-order valence-corrected chi connectivity index (χ2v) is 4.23. The van der Waals surface area contributed by atoms with E-state index in [4.69, 9.17) is 16.7 Å². The zero-order valence-corrected chi connectivity index (χ0v) is 11.1. The van der Waals surface area contributed by atoms with Crippen LogP contribution in [0, 0.1) is 6.92 Å². The molecular formula is C12H14ClN5O. The van der Waals surface area contributed by atoms with E-state index in [0.29, 0.717) is 18.4 Å². The summed E-state index contributed by atoms with van der Waals surface area (Å²) in [7, 11) is 0. The predicted octanol–water partition coefficient (Wildman–Crippen LogP) is 1.98. The first-order chi connectivity index (χ1) is 9.17. The minimum atomic E-state index is -0.00989. The first-order valence-electron chi connectivity index (χ1n) is 5.77. The standard InChI is InChI=1S/C12H14ClN5O/c1-8-2-4-9(5-3-8)15-12-17-10(13)16-11(18-12)14-6-7-19/h2-5,19H,6-7H2,1H3,(H2,14,15,16,17,18). The van der Waals surface area contributed by atoms with E-state index < -0.39 is 0 Å². The minimum absolute atomic E-state index is 0.00989. The highest BCUT2D eigenvalue weighted by Gasteiger charge is 2.04. The highest BCUT2D eigenvalue weighted by atomic mass is 35.5. The molecule has 0 radical (unpaired) electrons. The largest absolute Gasteiger partial charge is 0.395 e. The lowest BCUT2D eigenvalue weighted by atomic mass is 10.2. The lowest BCUT2D eigenvalue weighted by molar-refractivity contribution is 0.311. The summed E-state index contributed by atoms with van der Waals surface area (Å²) in [6.07, 6.45) is 0. The van der Waals surface area contributed by atoms with Crippen molar-refractivity contribution in [2.45, 2.75) is 6.92 Å². The fraction of sp³-hybridized carbons (Fsp3) is 0.250. The van der Waals surface area contributed by atoms with Gasteiger partial charge >= 0.3 is 0 Å². The maximum absolute atomic E-state index is 8.75. The Hall–Kier alpha value is -1.92. The van der Waals surface area contributed by atoms with E-state index >= 15 is 0 Å². The van der Waals surface area contributed by atoms with Gasteiger partial charge in [0.05, 0.1) is 6.61 Å². The fourth-order valence-corrected chi connectivity index (χ4v) is 1.58. The van der Waals surface area contributed by atoms with Crippen LogP contribution in [0.4, 0.5) is 17.6 Å². The van der Waals surface area contributed by atoms with Gasteiger partial charge in [-0.15, -0.1) is 0 Å². The van der Waals surface area contributed by atoms with Gasteiger partial charge in [-0.25, -0.2) is 0 Å². The highest BCUT2D eigenvalue weighted by Crippen LogP contribution is 2.16. The monoisotopic (exact) mass is 279 g/mol. The number of aromatic nitrogens is 3.